The lowest BCUT2D eigenvalue weighted by Crippen LogP contribution is -2.40. The molecular weight excluding hydrogens is 562 g/mol. The van der Waals surface area contributed by atoms with E-state index in [2.05, 4.69) is 20.7 Å². The number of nitrogens with zero attached hydrogens (tertiary/aromatic N) is 2. The third-order valence-corrected chi connectivity index (χ3v) is 8.26. The minimum Gasteiger partial charge on any atom is -0.465 e. The van der Waals surface area contributed by atoms with Gasteiger partial charge >= 0.3 is 5.97 Å². The van der Waals surface area contributed by atoms with Crippen molar-refractivity contribution in [2.75, 3.05) is 12.9 Å². The van der Waals surface area contributed by atoms with E-state index in [9.17, 15) is 13.8 Å². The Balaban J connectivity index is 2.54. The average molecular weight is 593 g/mol. The number of carbonyl (C=O) groups is 1. The summed E-state index contributed by atoms with van der Waals surface area (Å²) in [6.45, 7) is 9.35. The van der Waals surface area contributed by atoms with Crippen LogP contribution in [-0.4, -0.2) is 37.3 Å². The van der Waals surface area contributed by atoms with Gasteiger partial charge in [-0.3, -0.25) is 14.2 Å². The summed E-state index contributed by atoms with van der Waals surface area (Å²) in [6.07, 6.45) is 2.43. The lowest BCUT2D eigenvalue weighted by atomic mass is 9.92. The number of rotatable bonds is 10. The Kier molecular flexibility index (Phi) is 10.8. The second kappa shape index (κ2) is 12.7. The van der Waals surface area contributed by atoms with Crippen molar-refractivity contribution < 1.29 is 13.7 Å². The van der Waals surface area contributed by atoms with Crippen LogP contribution in [0, 0.1) is 5.92 Å². The summed E-state index contributed by atoms with van der Waals surface area (Å²) >= 11 is 10.7. The fraction of sp³-hybridized carbons (Fsp3) is 0.522. The number of benzene rings is 1. The van der Waals surface area contributed by atoms with Gasteiger partial charge in [-0.1, -0.05) is 42.4 Å². The predicted molar refractivity (Wildman–Crippen MR) is 143 cm³/mol. The highest BCUT2D eigenvalue weighted by Crippen LogP contribution is 2.31. The van der Waals surface area contributed by atoms with Gasteiger partial charge in [0.05, 0.1) is 34.1 Å². The number of ether oxygens (including phenoxy) is 1. The number of aromatic nitrogens is 2. The molecule has 0 spiro atoms. The lowest BCUT2D eigenvalue weighted by molar-refractivity contribution is -0.144. The largest absolute Gasteiger partial charge is 0.465 e. The fourth-order valence-corrected chi connectivity index (χ4v) is 5.37. The van der Waals surface area contributed by atoms with Gasteiger partial charge < -0.3 is 4.74 Å². The molecule has 1 aromatic carbocycles. The van der Waals surface area contributed by atoms with Crippen LogP contribution in [0.4, 0.5) is 0 Å². The molecule has 0 aliphatic heterocycles. The topological polar surface area (TPSA) is 90.3 Å². The van der Waals surface area contributed by atoms with Crippen LogP contribution in [-0.2, 0) is 33.5 Å². The van der Waals surface area contributed by atoms with Gasteiger partial charge in [-0.2, -0.15) is 0 Å². The lowest BCUT2D eigenvalue weighted by Gasteiger charge is -2.29. The molecule has 1 unspecified atom stereocenters. The molecule has 1 heterocycles. The SMILES string of the molecule is CCOC(=O)Cn1c(SC)nc([C@@H](NS(=O)C(C)(C)C)[C@@H](C)Cc2ccc(Cl)cc2)c(Br)c1=O. The van der Waals surface area contributed by atoms with Gasteiger partial charge in [-0.25, -0.2) is 13.9 Å². The Hall–Kier alpha value is -1.20. The summed E-state index contributed by atoms with van der Waals surface area (Å²) in [5.41, 5.74) is 1.12. The average Bonchev–Trinajstić information content (AvgIpc) is 2.76. The summed E-state index contributed by atoms with van der Waals surface area (Å²) in [7, 11) is -1.41. The molecular formula is C23H31BrClN3O4S2. The Morgan fingerprint density at radius 1 is 1.32 bits per heavy atom. The van der Waals surface area contributed by atoms with E-state index in [1.807, 2.05) is 52.0 Å². The van der Waals surface area contributed by atoms with Crippen LogP contribution in [0.15, 0.2) is 38.7 Å². The van der Waals surface area contributed by atoms with Crippen LogP contribution in [0.1, 0.15) is 51.9 Å². The van der Waals surface area contributed by atoms with E-state index in [4.69, 9.17) is 21.3 Å². The van der Waals surface area contributed by atoms with E-state index in [-0.39, 0.29) is 23.5 Å². The van der Waals surface area contributed by atoms with Crippen LogP contribution in [0.3, 0.4) is 0 Å². The molecule has 0 aliphatic rings. The normalized spacial score (nSPS) is 14.5. The summed E-state index contributed by atoms with van der Waals surface area (Å²) in [4.78, 5) is 30.0. The first kappa shape index (κ1) is 29.0. The molecule has 1 aromatic heterocycles. The minimum absolute atomic E-state index is 0.0775. The summed E-state index contributed by atoms with van der Waals surface area (Å²) in [6, 6.07) is 7.06. The minimum atomic E-state index is -1.41. The van der Waals surface area contributed by atoms with Crippen molar-refractivity contribution in [2.24, 2.45) is 5.92 Å². The van der Waals surface area contributed by atoms with Crippen LogP contribution in [0.5, 0.6) is 0 Å². The first-order valence-electron chi connectivity index (χ1n) is 10.8. The molecule has 0 aliphatic carbocycles. The van der Waals surface area contributed by atoms with Gasteiger partial charge in [0.2, 0.25) is 0 Å². The molecule has 0 radical (unpaired) electrons. The van der Waals surface area contributed by atoms with Crippen LogP contribution < -0.4 is 10.3 Å². The molecule has 2 rings (SSSR count). The molecule has 1 N–H and O–H groups in total. The molecule has 34 heavy (non-hydrogen) atoms. The van der Waals surface area contributed by atoms with Crippen molar-refractivity contribution in [3.8, 4) is 0 Å². The summed E-state index contributed by atoms with van der Waals surface area (Å²) < 4.78 is 22.3. The number of carbonyl (C=O) groups excluding carboxylic acids is 1. The van der Waals surface area contributed by atoms with Crippen molar-refractivity contribution in [2.45, 2.75) is 63.5 Å². The maximum Gasteiger partial charge on any atom is 0.326 e. The van der Waals surface area contributed by atoms with E-state index in [1.54, 1.807) is 13.2 Å². The van der Waals surface area contributed by atoms with E-state index in [0.29, 0.717) is 22.3 Å². The van der Waals surface area contributed by atoms with Gasteiger partial charge in [-0.05, 0) is 79.9 Å². The Morgan fingerprint density at radius 2 is 1.94 bits per heavy atom. The zero-order valence-corrected chi connectivity index (χ0v) is 24.2. The summed E-state index contributed by atoms with van der Waals surface area (Å²) in [5, 5.41) is 1.03. The third-order valence-electron chi connectivity index (χ3n) is 5.00. The second-order valence-corrected chi connectivity index (χ2v) is 12.8. The maximum atomic E-state index is 13.3. The van der Waals surface area contributed by atoms with Crippen molar-refractivity contribution >= 4 is 56.2 Å². The van der Waals surface area contributed by atoms with Gasteiger partial charge in [0, 0.05) is 5.02 Å². The molecule has 188 valence electrons. The van der Waals surface area contributed by atoms with E-state index in [0.717, 1.165) is 5.56 Å². The molecule has 2 aromatic rings. The molecule has 7 nitrogen and oxygen atoms in total. The number of nitrogens with one attached hydrogen (secondary N) is 1. The molecule has 0 bridgehead atoms. The van der Waals surface area contributed by atoms with Crippen molar-refractivity contribution in [3.05, 3.63) is 55.4 Å². The third kappa shape index (κ3) is 7.65. The maximum absolute atomic E-state index is 13.3. The van der Waals surface area contributed by atoms with Crippen molar-refractivity contribution in [1.29, 1.82) is 0 Å². The molecule has 0 saturated heterocycles. The Labute approximate surface area is 221 Å². The van der Waals surface area contributed by atoms with E-state index < -0.39 is 33.3 Å². The van der Waals surface area contributed by atoms with E-state index in [1.165, 1.54) is 16.3 Å². The first-order chi connectivity index (χ1) is 15.9. The van der Waals surface area contributed by atoms with Gasteiger partial charge in [-0.15, -0.1) is 0 Å². The standard InChI is InChI=1S/C23H31BrClN3O4S2/c1-7-32-17(29)13-28-21(30)18(24)20(26-22(28)33-6)19(27-34(31)23(3,4)5)14(2)12-15-8-10-16(25)11-9-15/h8-11,14,19,27H,7,12-13H2,1-6H3/t14-,19-,34?/m0/s1. The zero-order chi connectivity index (χ0) is 25.6. The summed E-state index contributed by atoms with van der Waals surface area (Å²) in [5.74, 6) is -0.591. The smallest absolute Gasteiger partial charge is 0.326 e. The number of esters is 1. The van der Waals surface area contributed by atoms with Crippen LogP contribution in [0.25, 0.3) is 0 Å². The molecule has 0 fully saturated rings. The first-order valence-corrected chi connectivity index (χ1v) is 14.4. The van der Waals surface area contributed by atoms with Crippen molar-refractivity contribution in [1.82, 2.24) is 14.3 Å². The molecule has 3 atom stereocenters. The number of hydrogen-bond acceptors (Lipinski definition) is 6. The second-order valence-electron chi connectivity index (χ2n) is 8.78. The monoisotopic (exact) mass is 591 g/mol. The molecule has 0 saturated carbocycles. The quantitative estimate of drug-likeness (QED) is 0.239. The highest BCUT2D eigenvalue weighted by molar-refractivity contribution is 9.10. The fourth-order valence-electron chi connectivity index (χ4n) is 3.21. The number of halogens is 2. The van der Waals surface area contributed by atoms with Crippen LogP contribution in [0.2, 0.25) is 5.02 Å². The van der Waals surface area contributed by atoms with Crippen LogP contribution >= 0.6 is 39.3 Å². The highest BCUT2D eigenvalue weighted by atomic mass is 79.9. The zero-order valence-electron chi connectivity index (χ0n) is 20.2. The highest BCUT2D eigenvalue weighted by Gasteiger charge is 2.31. The number of thioether (sulfide) groups is 1. The van der Waals surface area contributed by atoms with Gasteiger partial charge in [0.25, 0.3) is 5.56 Å². The predicted octanol–water partition coefficient (Wildman–Crippen LogP) is 4.92. The van der Waals surface area contributed by atoms with Crippen molar-refractivity contribution in [3.63, 3.8) is 0 Å². The number of hydrogen-bond donors (Lipinski definition) is 1. The Bertz CT molecular complexity index is 1090. The Morgan fingerprint density at radius 3 is 2.47 bits per heavy atom. The van der Waals surface area contributed by atoms with E-state index >= 15 is 0 Å². The molecule has 11 heteroatoms. The molecule has 0 amide bonds. The van der Waals surface area contributed by atoms with Gasteiger partial charge in [0.1, 0.15) is 11.0 Å². The van der Waals surface area contributed by atoms with Gasteiger partial charge in [0.15, 0.2) is 5.16 Å².